The molecule has 1 saturated heterocycles. The number of piperidine rings is 1. The van der Waals surface area contributed by atoms with Gasteiger partial charge >= 0.3 is 0 Å². The smallest absolute Gasteiger partial charge is 0.191 e. The van der Waals surface area contributed by atoms with Crippen molar-refractivity contribution in [2.75, 3.05) is 39.3 Å². The first-order valence-electron chi connectivity index (χ1n) is 9.55. The number of nitrogens with zero attached hydrogens (tertiary/aromatic N) is 2. The summed E-state index contributed by atoms with van der Waals surface area (Å²) in [5.74, 6) is 2.84. The number of unbranched alkanes of at least 4 members (excludes halogenated alkanes) is 1. The first kappa shape index (κ1) is 22.3. The second-order valence-electron chi connectivity index (χ2n) is 6.75. The Morgan fingerprint density at radius 1 is 1.28 bits per heavy atom. The van der Waals surface area contributed by atoms with E-state index in [1.165, 1.54) is 38.9 Å². The van der Waals surface area contributed by atoms with E-state index in [0.717, 1.165) is 50.1 Å². The van der Waals surface area contributed by atoms with Crippen LogP contribution in [-0.4, -0.2) is 50.1 Å². The predicted octanol–water partition coefficient (Wildman–Crippen LogP) is 3.51. The van der Waals surface area contributed by atoms with Crippen LogP contribution in [0.4, 0.5) is 0 Å². The number of aliphatic imine (C=N–C) groups is 1. The molecule has 1 aromatic heterocycles. The van der Waals surface area contributed by atoms with Gasteiger partial charge in [-0.1, -0.05) is 6.92 Å². The summed E-state index contributed by atoms with van der Waals surface area (Å²) in [6, 6.07) is 3.94. The van der Waals surface area contributed by atoms with Crippen LogP contribution in [0.15, 0.2) is 27.8 Å². The number of rotatable bonds is 9. The highest BCUT2D eigenvalue weighted by Gasteiger charge is 2.14. The normalized spacial score (nSPS) is 16.5. The molecule has 0 aliphatic carbocycles. The van der Waals surface area contributed by atoms with Crippen molar-refractivity contribution in [3.8, 4) is 0 Å². The third-order valence-corrected chi connectivity index (χ3v) is 4.62. The van der Waals surface area contributed by atoms with E-state index in [-0.39, 0.29) is 24.0 Å². The van der Waals surface area contributed by atoms with Gasteiger partial charge in [0.25, 0.3) is 0 Å². The largest absolute Gasteiger partial charge is 0.469 e. The van der Waals surface area contributed by atoms with E-state index in [4.69, 9.17) is 4.42 Å². The fourth-order valence-electron chi connectivity index (χ4n) is 3.02. The molecule has 0 spiro atoms. The third-order valence-electron chi connectivity index (χ3n) is 4.62. The second kappa shape index (κ2) is 13.4. The van der Waals surface area contributed by atoms with Crippen molar-refractivity contribution < 1.29 is 4.42 Å². The van der Waals surface area contributed by atoms with Crippen LogP contribution in [-0.2, 0) is 6.42 Å². The summed E-state index contributed by atoms with van der Waals surface area (Å²) < 4.78 is 5.35. The number of nitrogens with one attached hydrogen (secondary N) is 2. The number of halogens is 1. The van der Waals surface area contributed by atoms with Crippen molar-refractivity contribution in [1.29, 1.82) is 0 Å². The molecule has 1 aliphatic rings. The molecule has 1 fully saturated rings. The standard InChI is InChI=1S/C19H34N4O.HI/c1-3-20-19(22-12-8-18-7-6-16-24-18)21-11-4-5-13-23-14-9-17(2)10-15-23;/h6-7,16-17H,3-5,8-15H2,1-2H3,(H2,20,21,22);1H. The van der Waals surface area contributed by atoms with Crippen LogP contribution in [0.1, 0.15) is 45.3 Å². The minimum Gasteiger partial charge on any atom is -0.469 e. The Bertz CT molecular complexity index is 456. The zero-order valence-corrected chi connectivity index (χ0v) is 18.1. The number of likely N-dealkylation sites (tertiary alicyclic amines) is 1. The monoisotopic (exact) mass is 462 g/mol. The topological polar surface area (TPSA) is 52.8 Å². The van der Waals surface area contributed by atoms with E-state index in [9.17, 15) is 0 Å². The van der Waals surface area contributed by atoms with Crippen LogP contribution in [0.25, 0.3) is 0 Å². The van der Waals surface area contributed by atoms with Gasteiger partial charge in [0.1, 0.15) is 5.76 Å². The molecule has 1 aromatic rings. The summed E-state index contributed by atoms with van der Waals surface area (Å²) >= 11 is 0. The van der Waals surface area contributed by atoms with Crippen LogP contribution >= 0.6 is 24.0 Å². The van der Waals surface area contributed by atoms with Gasteiger partial charge in [0.05, 0.1) is 6.26 Å². The summed E-state index contributed by atoms with van der Waals surface area (Å²) in [5.41, 5.74) is 0. The van der Waals surface area contributed by atoms with Crippen molar-refractivity contribution in [3.05, 3.63) is 24.2 Å². The van der Waals surface area contributed by atoms with Gasteiger partial charge in [-0.25, -0.2) is 0 Å². The molecule has 6 heteroatoms. The first-order valence-corrected chi connectivity index (χ1v) is 9.55. The molecule has 2 heterocycles. The van der Waals surface area contributed by atoms with Crippen LogP contribution in [0.5, 0.6) is 0 Å². The Kier molecular flexibility index (Phi) is 12.0. The lowest BCUT2D eigenvalue weighted by atomic mass is 9.99. The van der Waals surface area contributed by atoms with Crippen molar-refractivity contribution in [1.82, 2.24) is 15.5 Å². The molecule has 144 valence electrons. The van der Waals surface area contributed by atoms with Crippen LogP contribution in [0, 0.1) is 5.92 Å². The number of guanidine groups is 1. The molecule has 0 bridgehead atoms. The van der Waals surface area contributed by atoms with E-state index < -0.39 is 0 Å². The van der Waals surface area contributed by atoms with E-state index in [2.05, 4.69) is 34.4 Å². The minimum absolute atomic E-state index is 0. The Balaban J connectivity index is 0.00000312. The van der Waals surface area contributed by atoms with Gasteiger partial charge < -0.3 is 20.0 Å². The van der Waals surface area contributed by atoms with Gasteiger partial charge in [-0.2, -0.15) is 0 Å². The van der Waals surface area contributed by atoms with Crippen LogP contribution in [0.2, 0.25) is 0 Å². The summed E-state index contributed by atoms with van der Waals surface area (Å²) in [5, 5.41) is 6.68. The molecule has 2 N–H and O–H groups in total. The summed E-state index contributed by atoms with van der Waals surface area (Å²) in [6.07, 6.45) is 7.72. The van der Waals surface area contributed by atoms with Crippen molar-refractivity contribution in [2.24, 2.45) is 10.9 Å². The SMILES string of the molecule is CCNC(=NCCCCN1CCC(C)CC1)NCCc1ccco1.I. The maximum absolute atomic E-state index is 5.35. The molecule has 25 heavy (non-hydrogen) atoms. The van der Waals surface area contributed by atoms with Gasteiger partial charge in [0, 0.05) is 26.1 Å². The fraction of sp³-hybridized carbons (Fsp3) is 0.737. The van der Waals surface area contributed by atoms with Crippen molar-refractivity contribution in [3.63, 3.8) is 0 Å². The lowest BCUT2D eigenvalue weighted by molar-refractivity contribution is 0.190. The van der Waals surface area contributed by atoms with E-state index in [0.29, 0.717) is 0 Å². The molecule has 0 unspecified atom stereocenters. The first-order chi connectivity index (χ1) is 11.8. The summed E-state index contributed by atoms with van der Waals surface area (Å²) in [7, 11) is 0. The van der Waals surface area contributed by atoms with Crippen molar-refractivity contribution in [2.45, 2.75) is 46.0 Å². The summed E-state index contributed by atoms with van der Waals surface area (Å²) in [6.45, 7) is 10.9. The van der Waals surface area contributed by atoms with Crippen LogP contribution in [0.3, 0.4) is 0 Å². The molecule has 0 saturated carbocycles. The molecule has 0 aromatic carbocycles. The van der Waals surface area contributed by atoms with Gasteiger partial charge in [0.2, 0.25) is 0 Å². The highest BCUT2D eigenvalue weighted by molar-refractivity contribution is 14.0. The van der Waals surface area contributed by atoms with Gasteiger partial charge in [0.15, 0.2) is 5.96 Å². The zero-order chi connectivity index (χ0) is 17.0. The maximum atomic E-state index is 5.35. The van der Waals surface area contributed by atoms with Gasteiger partial charge in [-0.15, -0.1) is 24.0 Å². The highest BCUT2D eigenvalue weighted by Crippen LogP contribution is 2.16. The Hall–Kier alpha value is -0.760. The summed E-state index contributed by atoms with van der Waals surface area (Å²) in [4.78, 5) is 7.28. The number of furan rings is 1. The predicted molar refractivity (Wildman–Crippen MR) is 116 cm³/mol. The lowest BCUT2D eigenvalue weighted by Crippen LogP contribution is -2.38. The van der Waals surface area contributed by atoms with E-state index in [1.807, 2.05) is 12.1 Å². The zero-order valence-electron chi connectivity index (χ0n) is 15.8. The molecule has 2 rings (SSSR count). The second-order valence-corrected chi connectivity index (χ2v) is 6.75. The molecule has 0 amide bonds. The van der Waals surface area contributed by atoms with E-state index in [1.54, 1.807) is 6.26 Å². The quantitative estimate of drug-likeness (QED) is 0.255. The van der Waals surface area contributed by atoms with E-state index >= 15 is 0 Å². The van der Waals surface area contributed by atoms with Crippen molar-refractivity contribution >= 4 is 29.9 Å². The lowest BCUT2D eigenvalue weighted by Gasteiger charge is -2.30. The average molecular weight is 462 g/mol. The number of hydrogen-bond acceptors (Lipinski definition) is 3. The molecule has 0 atom stereocenters. The maximum Gasteiger partial charge on any atom is 0.191 e. The Labute approximate surface area is 170 Å². The highest BCUT2D eigenvalue weighted by atomic mass is 127. The number of hydrogen-bond donors (Lipinski definition) is 2. The molecule has 0 radical (unpaired) electrons. The Morgan fingerprint density at radius 2 is 2.08 bits per heavy atom. The Morgan fingerprint density at radius 3 is 2.76 bits per heavy atom. The van der Waals surface area contributed by atoms with Gasteiger partial charge in [-0.3, -0.25) is 4.99 Å². The minimum atomic E-state index is 0. The van der Waals surface area contributed by atoms with Crippen LogP contribution < -0.4 is 10.6 Å². The molecular formula is C19H35IN4O. The third kappa shape index (κ3) is 9.49. The molecular weight excluding hydrogens is 427 g/mol. The molecule has 5 nitrogen and oxygen atoms in total. The van der Waals surface area contributed by atoms with Gasteiger partial charge in [-0.05, 0) is 70.3 Å². The fourth-order valence-corrected chi connectivity index (χ4v) is 3.02. The molecule has 1 aliphatic heterocycles. The average Bonchev–Trinajstić information content (AvgIpc) is 3.09.